The van der Waals surface area contributed by atoms with Crippen LogP contribution in [0.15, 0.2) is 0 Å². The van der Waals surface area contributed by atoms with Crippen molar-refractivity contribution in [2.24, 2.45) is 5.92 Å². The highest BCUT2D eigenvalue weighted by Gasteiger charge is 2.03. The second kappa shape index (κ2) is 8.72. The van der Waals surface area contributed by atoms with Crippen molar-refractivity contribution >= 4 is 5.91 Å². The van der Waals surface area contributed by atoms with Crippen LogP contribution >= 0.6 is 0 Å². The number of rotatable bonds is 8. The fourth-order valence-electron chi connectivity index (χ4n) is 1.13. The quantitative estimate of drug-likeness (QED) is 0.675. The van der Waals surface area contributed by atoms with Crippen LogP contribution in [-0.2, 0) is 9.53 Å². The zero-order valence-corrected chi connectivity index (χ0v) is 10.5. The van der Waals surface area contributed by atoms with E-state index in [-0.39, 0.29) is 12.0 Å². The van der Waals surface area contributed by atoms with E-state index >= 15 is 0 Å². The van der Waals surface area contributed by atoms with Crippen molar-refractivity contribution in [1.29, 1.82) is 0 Å². The van der Waals surface area contributed by atoms with Gasteiger partial charge in [0.25, 0.3) is 0 Å². The highest BCUT2D eigenvalue weighted by Crippen LogP contribution is 2.03. The van der Waals surface area contributed by atoms with Crippen molar-refractivity contribution in [3.05, 3.63) is 0 Å². The van der Waals surface area contributed by atoms with Crippen molar-refractivity contribution in [3.8, 4) is 0 Å². The molecule has 0 spiro atoms. The van der Waals surface area contributed by atoms with Crippen LogP contribution in [0.1, 0.15) is 47.0 Å². The van der Waals surface area contributed by atoms with Gasteiger partial charge < -0.3 is 10.1 Å². The van der Waals surface area contributed by atoms with Crippen molar-refractivity contribution in [1.82, 2.24) is 5.32 Å². The Bertz CT molecular complexity index is 169. The van der Waals surface area contributed by atoms with E-state index in [4.69, 9.17) is 4.74 Å². The average molecular weight is 215 g/mol. The Morgan fingerprint density at radius 2 is 1.93 bits per heavy atom. The molecule has 0 aromatic rings. The molecule has 1 N–H and O–H groups in total. The van der Waals surface area contributed by atoms with Crippen LogP contribution in [0, 0.1) is 5.92 Å². The van der Waals surface area contributed by atoms with Gasteiger partial charge in [-0.05, 0) is 25.7 Å². The number of hydrogen-bond acceptors (Lipinski definition) is 2. The van der Waals surface area contributed by atoms with E-state index in [1.165, 1.54) is 0 Å². The molecule has 0 aliphatic rings. The first-order valence-corrected chi connectivity index (χ1v) is 5.94. The summed E-state index contributed by atoms with van der Waals surface area (Å²) in [4.78, 5) is 10.9. The zero-order valence-electron chi connectivity index (χ0n) is 10.5. The Morgan fingerprint density at radius 3 is 2.47 bits per heavy atom. The first kappa shape index (κ1) is 14.4. The second-order valence-corrected chi connectivity index (χ2v) is 4.36. The van der Waals surface area contributed by atoms with E-state index in [0.29, 0.717) is 12.3 Å². The molecule has 0 radical (unpaired) electrons. The first-order valence-electron chi connectivity index (χ1n) is 5.94. The molecule has 0 saturated carbocycles. The van der Waals surface area contributed by atoms with Crippen LogP contribution < -0.4 is 5.32 Å². The molecule has 1 unspecified atom stereocenters. The maximum Gasteiger partial charge on any atom is 0.219 e. The molecule has 0 aromatic carbocycles. The summed E-state index contributed by atoms with van der Waals surface area (Å²) in [6.07, 6.45) is 2.79. The predicted molar refractivity (Wildman–Crippen MR) is 62.8 cm³/mol. The lowest BCUT2D eigenvalue weighted by Crippen LogP contribution is -2.26. The molecule has 90 valence electrons. The molecule has 0 rings (SSSR count). The summed E-state index contributed by atoms with van der Waals surface area (Å²) in [6, 6.07) is 0. The Balaban J connectivity index is 3.33. The number of ether oxygens (including phenoxy) is 1. The molecule has 0 aliphatic heterocycles. The van der Waals surface area contributed by atoms with Crippen LogP contribution in [0.2, 0.25) is 0 Å². The number of carbonyl (C=O) groups excluding carboxylic acids is 1. The number of amides is 1. The van der Waals surface area contributed by atoms with E-state index in [0.717, 1.165) is 26.0 Å². The Labute approximate surface area is 93.6 Å². The third-order valence-electron chi connectivity index (χ3n) is 2.29. The van der Waals surface area contributed by atoms with Gasteiger partial charge in [0.15, 0.2) is 0 Å². The number of nitrogens with one attached hydrogen (secondary N) is 1. The Kier molecular flexibility index (Phi) is 8.38. The van der Waals surface area contributed by atoms with E-state index in [2.05, 4.69) is 26.1 Å². The van der Waals surface area contributed by atoms with Crippen LogP contribution in [0.25, 0.3) is 0 Å². The standard InChI is InChI=1S/C12H25NO2/c1-5-12(14)13-8-6-11(4)15-9-7-10(2)3/h10-11H,5-9H2,1-4H3,(H,13,14). The van der Waals surface area contributed by atoms with Gasteiger partial charge in [-0.2, -0.15) is 0 Å². The summed E-state index contributed by atoms with van der Waals surface area (Å²) >= 11 is 0. The monoisotopic (exact) mass is 215 g/mol. The summed E-state index contributed by atoms with van der Waals surface area (Å²) in [5, 5.41) is 2.84. The average Bonchev–Trinajstić information content (AvgIpc) is 2.17. The molecule has 0 aliphatic carbocycles. The molecule has 3 nitrogen and oxygen atoms in total. The lowest BCUT2D eigenvalue weighted by Gasteiger charge is -2.14. The third-order valence-corrected chi connectivity index (χ3v) is 2.29. The molecule has 0 fully saturated rings. The van der Waals surface area contributed by atoms with Gasteiger partial charge in [0.05, 0.1) is 6.10 Å². The highest BCUT2D eigenvalue weighted by atomic mass is 16.5. The van der Waals surface area contributed by atoms with Gasteiger partial charge in [-0.3, -0.25) is 4.79 Å². The van der Waals surface area contributed by atoms with Gasteiger partial charge in [0.2, 0.25) is 5.91 Å². The predicted octanol–water partition coefficient (Wildman–Crippen LogP) is 2.35. The maximum absolute atomic E-state index is 10.9. The molecule has 0 saturated heterocycles. The minimum Gasteiger partial charge on any atom is -0.378 e. The summed E-state index contributed by atoms with van der Waals surface area (Å²) in [6.45, 7) is 9.83. The van der Waals surface area contributed by atoms with Crippen molar-refractivity contribution in [3.63, 3.8) is 0 Å². The smallest absolute Gasteiger partial charge is 0.219 e. The molecular formula is C12H25NO2. The Hall–Kier alpha value is -0.570. The third kappa shape index (κ3) is 9.73. The van der Waals surface area contributed by atoms with Gasteiger partial charge >= 0.3 is 0 Å². The summed E-state index contributed by atoms with van der Waals surface area (Å²) in [7, 11) is 0. The summed E-state index contributed by atoms with van der Waals surface area (Å²) in [5.74, 6) is 0.807. The molecule has 15 heavy (non-hydrogen) atoms. The van der Waals surface area contributed by atoms with Gasteiger partial charge in [0, 0.05) is 19.6 Å². The van der Waals surface area contributed by atoms with Crippen molar-refractivity contribution in [2.45, 2.75) is 53.1 Å². The van der Waals surface area contributed by atoms with Crippen LogP contribution in [0.3, 0.4) is 0 Å². The van der Waals surface area contributed by atoms with Crippen LogP contribution in [0.4, 0.5) is 0 Å². The summed E-state index contributed by atoms with van der Waals surface area (Å²) < 4.78 is 5.62. The molecule has 1 atom stereocenters. The second-order valence-electron chi connectivity index (χ2n) is 4.36. The zero-order chi connectivity index (χ0) is 11.7. The fraction of sp³-hybridized carbons (Fsp3) is 0.917. The molecule has 3 heteroatoms. The van der Waals surface area contributed by atoms with Gasteiger partial charge in [-0.1, -0.05) is 20.8 Å². The maximum atomic E-state index is 10.9. The normalized spacial score (nSPS) is 12.9. The highest BCUT2D eigenvalue weighted by molar-refractivity contribution is 5.75. The minimum absolute atomic E-state index is 0.115. The number of hydrogen-bond donors (Lipinski definition) is 1. The van der Waals surface area contributed by atoms with Gasteiger partial charge in [-0.15, -0.1) is 0 Å². The van der Waals surface area contributed by atoms with E-state index in [9.17, 15) is 4.79 Å². The van der Waals surface area contributed by atoms with Gasteiger partial charge in [-0.25, -0.2) is 0 Å². The van der Waals surface area contributed by atoms with Crippen LogP contribution in [0.5, 0.6) is 0 Å². The van der Waals surface area contributed by atoms with E-state index in [1.54, 1.807) is 0 Å². The topological polar surface area (TPSA) is 38.3 Å². The van der Waals surface area contributed by atoms with Crippen LogP contribution in [-0.4, -0.2) is 25.2 Å². The van der Waals surface area contributed by atoms with Crippen molar-refractivity contribution < 1.29 is 9.53 Å². The SMILES string of the molecule is CCC(=O)NCCC(C)OCCC(C)C. The lowest BCUT2D eigenvalue weighted by molar-refractivity contribution is -0.120. The molecule has 0 heterocycles. The minimum atomic E-state index is 0.115. The fourth-order valence-corrected chi connectivity index (χ4v) is 1.13. The first-order chi connectivity index (χ1) is 7.06. The van der Waals surface area contributed by atoms with E-state index < -0.39 is 0 Å². The molecule has 0 bridgehead atoms. The molecular weight excluding hydrogens is 190 g/mol. The van der Waals surface area contributed by atoms with Gasteiger partial charge in [0.1, 0.15) is 0 Å². The lowest BCUT2D eigenvalue weighted by atomic mass is 10.1. The van der Waals surface area contributed by atoms with E-state index in [1.807, 2.05) is 6.92 Å². The Morgan fingerprint density at radius 1 is 1.27 bits per heavy atom. The number of carbonyl (C=O) groups is 1. The summed E-state index contributed by atoms with van der Waals surface area (Å²) in [5.41, 5.74) is 0. The largest absolute Gasteiger partial charge is 0.378 e. The molecule has 1 amide bonds. The van der Waals surface area contributed by atoms with Crippen molar-refractivity contribution in [2.75, 3.05) is 13.2 Å². The molecule has 0 aromatic heterocycles.